The molecule has 5 nitrogen and oxygen atoms in total. The smallest absolute Gasteiger partial charge is 0.158 e. The molecule has 0 bridgehead atoms. The number of fused-ring (bicyclic) bond motifs is 1. The van der Waals surface area contributed by atoms with Gasteiger partial charge in [0.15, 0.2) is 5.65 Å². The van der Waals surface area contributed by atoms with Crippen molar-refractivity contribution in [2.24, 2.45) is 7.05 Å². The third-order valence-electron chi connectivity index (χ3n) is 4.66. The molecule has 4 rings (SSSR count). The highest BCUT2D eigenvalue weighted by molar-refractivity contribution is 5.58. The quantitative estimate of drug-likeness (QED) is 0.575. The van der Waals surface area contributed by atoms with E-state index in [4.69, 9.17) is 9.97 Å². The van der Waals surface area contributed by atoms with Gasteiger partial charge in [0.25, 0.3) is 0 Å². The molecule has 0 atom stereocenters. The molecule has 0 aliphatic carbocycles. The average Bonchev–Trinajstić information content (AvgIpc) is 3.14. The van der Waals surface area contributed by atoms with Crippen LogP contribution in [-0.2, 0) is 19.9 Å². The van der Waals surface area contributed by atoms with Gasteiger partial charge in [-0.2, -0.15) is 5.10 Å². The average molecular weight is 331 g/mol. The first-order valence-electron chi connectivity index (χ1n) is 8.51. The number of aryl methyl sites for hydroxylation is 5. The van der Waals surface area contributed by atoms with Crippen LogP contribution in [0.2, 0.25) is 0 Å². The van der Waals surface area contributed by atoms with E-state index < -0.39 is 0 Å². The van der Waals surface area contributed by atoms with E-state index in [-0.39, 0.29) is 0 Å². The maximum absolute atomic E-state index is 4.80. The van der Waals surface area contributed by atoms with Crippen LogP contribution < -0.4 is 0 Å². The predicted molar refractivity (Wildman–Crippen MR) is 98.5 cm³/mol. The van der Waals surface area contributed by atoms with Crippen molar-refractivity contribution in [3.05, 3.63) is 71.6 Å². The Morgan fingerprint density at radius 1 is 0.960 bits per heavy atom. The molecule has 0 fully saturated rings. The summed E-state index contributed by atoms with van der Waals surface area (Å²) >= 11 is 0. The van der Waals surface area contributed by atoms with Crippen LogP contribution in [0.5, 0.6) is 0 Å². The molecule has 0 saturated carbocycles. The van der Waals surface area contributed by atoms with E-state index in [0.717, 1.165) is 52.5 Å². The van der Waals surface area contributed by atoms with Crippen molar-refractivity contribution in [3.63, 3.8) is 0 Å². The van der Waals surface area contributed by atoms with Crippen molar-refractivity contribution in [2.45, 2.75) is 26.7 Å². The Balaban J connectivity index is 1.55. The van der Waals surface area contributed by atoms with Gasteiger partial charge in [-0.05, 0) is 26.3 Å². The molecule has 3 aromatic heterocycles. The summed E-state index contributed by atoms with van der Waals surface area (Å²) in [7, 11) is 2.05. The minimum atomic E-state index is 0.860. The fourth-order valence-corrected chi connectivity index (χ4v) is 3.05. The zero-order chi connectivity index (χ0) is 17.4. The van der Waals surface area contributed by atoms with E-state index in [9.17, 15) is 0 Å². The molecule has 5 heteroatoms. The van der Waals surface area contributed by atoms with Crippen LogP contribution >= 0.6 is 0 Å². The van der Waals surface area contributed by atoms with Gasteiger partial charge >= 0.3 is 0 Å². The fourth-order valence-electron chi connectivity index (χ4n) is 3.05. The van der Waals surface area contributed by atoms with Crippen molar-refractivity contribution in [1.29, 1.82) is 0 Å². The molecular weight excluding hydrogens is 310 g/mol. The Labute approximate surface area is 147 Å². The minimum Gasteiger partial charge on any atom is -0.337 e. The predicted octanol–water partition coefficient (Wildman–Crippen LogP) is 3.53. The molecule has 0 amide bonds. The maximum atomic E-state index is 4.80. The number of aromatic nitrogens is 5. The third-order valence-corrected chi connectivity index (χ3v) is 4.66. The fraction of sp³-hybridized carbons (Fsp3) is 0.250. The first kappa shape index (κ1) is 15.6. The molecule has 126 valence electrons. The molecule has 0 unspecified atom stereocenters. The van der Waals surface area contributed by atoms with Crippen molar-refractivity contribution >= 4 is 5.65 Å². The zero-order valence-corrected chi connectivity index (χ0v) is 14.8. The molecular formula is C20H21N5. The highest BCUT2D eigenvalue weighted by atomic mass is 15.2. The van der Waals surface area contributed by atoms with E-state index in [1.165, 1.54) is 0 Å². The van der Waals surface area contributed by atoms with Crippen LogP contribution in [0.15, 0.2) is 48.8 Å². The lowest BCUT2D eigenvalue weighted by molar-refractivity contribution is 0.759. The SMILES string of the molecule is Cc1nn2ccc(CCc3nc(-c4ccccc4)cn3C)nc2c1C. The highest BCUT2D eigenvalue weighted by Gasteiger charge is 2.10. The Hall–Kier alpha value is -2.95. The maximum Gasteiger partial charge on any atom is 0.158 e. The van der Waals surface area contributed by atoms with E-state index in [1.807, 2.05) is 41.9 Å². The zero-order valence-electron chi connectivity index (χ0n) is 14.8. The molecule has 0 N–H and O–H groups in total. The van der Waals surface area contributed by atoms with Crippen LogP contribution in [0, 0.1) is 13.8 Å². The second-order valence-corrected chi connectivity index (χ2v) is 6.42. The Morgan fingerprint density at radius 3 is 2.56 bits per heavy atom. The Kier molecular flexibility index (Phi) is 3.84. The molecule has 1 aromatic carbocycles. The molecule has 3 heterocycles. The standard InChI is InChI=1S/C20H21N5/c1-14-15(2)23-25-12-11-17(21-20(14)25)9-10-19-22-18(13-24(19)3)16-7-5-4-6-8-16/h4-8,11-13H,9-10H2,1-3H3. The minimum absolute atomic E-state index is 0.860. The second-order valence-electron chi connectivity index (χ2n) is 6.42. The van der Waals surface area contributed by atoms with Gasteiger partial charge in [0.05, 0.1) is 11.4 Å². The van der Waals surface area contributed by atoms with E-state index in [0.29, 0.717) is 0 Å². The summed E-state index contributed by atoms with van der Waals surface area (Å²) in [5.74, 6) is 1.07. The van der Waals surface area contributed by atoms with Crippen LogP contribution in [0.25, 0.3) is 16.9 Å². The van der Waals surface area contributed by atoms with Gasteiger partial charge in [-0.25, -0.2) is 14.5 Å². The molecule has 0 aliphatic rings. The Bertz CT molecular complexity index is 1030. The first-order valence-corrected chi connectivity index (χ1v) is 8.51. The van der Waals surface area contributed by atoms with Gasteiger partial charge in [-0.1, -0.05) is 30.3 Å². The van der Waals surface area contributed by atoms with Crippen molar-refractivity contribution in [3.8, 4) is 11.3 Å². The van der Waals surface area contributed by atoms with E-state index in [1.54, 1.807) is 0 Å². The van der Waals surface area contributed by atoms with Crippen molar-refractivity contribution in [1.82, 2.24) is 24.1 Å². The molecule has 0 saturated heterocycles. The van der Waals surface area contributed by atoms with Gasteiger partial charge in [-0.3, -0.25) is 0 Å². The van der Waals surface area contributed by atoms with Crippen LogP contribution in [-0.4, -0.2) is 24.1 Å². The van der Waals surface area contributed by atoms with Crippen molar-refractivity contribution in [2.75, 3.05) is 0 Å². The van der Waals surface area contributed by atoms with Gasteiger partial charge in [0.2, 0.25) is 0 Å². The first-order chi connectivity index (χ1) is 12.1. The van der Waals surface area contributed by atoms with Gasteiger partial charge in [-0.15, -0.1) is 0 Å². The lowest BCUT2D eigenvalue weighted by atomic mass is 10.2. The summed E-state index contributed by atoms with van der Waals surface area (Å²) in [5, 5.41) is 4.46. The summed E-state index contributed by atoms with van der Waals surface area (Å²) in [6.45, 7) is 4.09. The van der Waals surface area contributed by atoms with Crippen LogP contribution in [0.4, 0.5) is 0 Å². The van der Waals surface area contributed by atoms with Crippen molar-refractivity contribution < 1.29 is 0 Å². The number of hydrogen-bond acceptors (Lipinski definition) is 3. The summed E-state index contributed by atoms with van der Waals surface area (Å²) in [4.78, 5) is 9.57. The lowest BCUT2D eigenvalue weighted by Crippen LogP contribution is -2.02. The van der Waals surface area contributed by atoms with Gasteiger partial charge in [0, 0.05) is 42.7 Å². The number of benzene rings is 1. The van der Waals surface area contributed by atoms with Gasteiger partial charge in [0.1, 0.15) is 5.82 Å². The number of nitrogens with zero attached hydrogens (tertiary/aromatic N) is 5. The monoisotopic (exact) mass is 331 g/mol. The second kappa shape index (κ2) is 6.16. The van der Waals surface area contributed by atoms with E-state index >= 15 is 0 Å². The summed E-state index contributed by atoms with van der Waals surface area (Å²) < 4.78 is 3.96. The number of hydrogen-bond donors (Lipinski definition) is 0. The molecule has 0 aliphatic heterocycles. The largest absolute Gasteiger partial charge is 0.337 e. The number of rotatable bonds is 4. The Morgan fingerprint density at radius 2 is 1.76 bits per heavy atom. The van der Waals surface area contributed by atoms with E-state index in [2.05, 4.69) is 42.0 Å². The summed E-state index contributed by atoms with van der Waals surface area (Å²) in [6.07, 6.45) is 5.80. The topological polar surface area (TPSA) is 48.0 Å². The third kappa shape index (κ3) is 2.93. The summed E-state index contributed by atoms with van der Waals surface area (Å²) in [6, 6.07) is 12.3. The van der Waals surface area contributed by atoms with Crippen LogP contribution in [0.1, 0.15) is 22.8 Å². The lowest BCUT2D eigenvalue weighted by Gasteiger charge is -2.03. The number of imidazole rings is 1. The normalized spacial score (nSPS) is 11.3. The molecule has 25 heavy (non-hydrogen) atoms. The molecule has 0 radical (unpaired) electrons. The molecule has 0 spiro atoms. The molecule has 4 aromatic rings. The van der Waals surface area contributed by atoms with Crippen LogP contribution in [0.3, 0.4) is 0 Å². The highest BCUT2D eigenvalue weighted by Crippen LogP contribution is 2.19. The van der Waals surface area contributed by atoms with Gasteiger partial charge < -0.3 is 4.57 Å². The summed E-state index contributed by atoms with van der Waals surface area (Å²) in [5.41, 5.74) is 6.35.